The number of rotatable bonds is 3. The maximum atomic E-state index is 3.98. The molecule has 0 unspecified atom stereocenters. The molecule has 4 fully saturated rings. The first kappa shape index (κ1) is 13.3. The Morgan fingerprint density at radius 3 is 1.33 bits per heavy atom. The second kappa shape index (κ2) is 5.14. The van der Waals surface area contributed by atoms with E-state index in [1.165, 1.54) is 38.5 Å². The average molecular weight is 412 g/mol. The highest BCUT2D eigenvalue weighted by molar-refractivity contribution is 9.10. The molecular weight excluding hydrogens is 392 g/mol. The van der Waals surface area contributed by atoms with Crippen molar-refractivity contribution in [3.63, 3.8) is 0 Å². The predicted molar refractivity (Wildman–Crippen MR) is 89.9 cm³/mol. The van der Waals surface area contributed by atoms with Gasteiger partial charge in [0.25, 0.3) is 0 Å². The second-order valence-corrected chi connectivity index (χ2v) is 11.4. The molecule has 102 valence electrons. The summed E-state index contributed by atoms with van der Waals surface area (Å²) in [5.41, 5.74) is 0. The molecule has 0 aromatic heterocycles. The van der Waals surface area contributed by atoms with Crippen molar-refractivity contribution in [3.05, 3.63) is 0 Å². The van der Waals surface area contributed by atoms with Gasteiger partial charge >= 0.3 is 0 Å². The lowest BCUT2D eigenvalue weighted by atomic mass is 10.0. The Morgan fingerprint density at radius 2 is 1.00 bits per heavy atom. The fourth-order valence-corrected chi connectivity index (χ4v) is 12.2. The Bertz CT molecular complexity index is 302. The highest BCUT2D eigenvalue weighted by Gasteiger charge is 2.50. The molecular formula is C14H20Br2S2. The van der Waals surface area contributed by atoms with E-state index in [0.717, 1.165) is 43.8 Å². The quantitative estimate of drug-likeness (QED) is 0.444. The van der Waals surface area contributed by atoms with Crippen LogP contribution >= 0.6 is 53.4 Å². The van der Waals surface area contributed by atoms with Gasteiger partial charge in [0.2, 0.25) is 0 Å². The van der Waals surface area contributed by atoms with Gasteiger partial charge in [-0.05, 0) is 62.2 Å². The van der Waals surface area contributed by atoms with Crippen LogP contribution in [0.1, 0.15) is 38.5 Å². The van der Waals surface area contributed by atoms with Crippen molar-refractivity contribution in [1.82, 2.24) is 0 Å². The third-order valence-electron chi connectivity index (χ3n) is 5.76. The van der Waals surface area contributed by atoms with Crippen LogP contribution in [0.2, 0.25) is 0 Å². The zero-order valence-electron chi connectivity index (χ0n) is 10.4. The minimum absolute atomic E-state index is 0.807. The molecule has 0 radical (unpaired) electrons. The first-order chi connectivity index (χ1) is 8.74. The second-order valence-electron chi connectivity index (χ2n) is 6.68. The summed E-state index contributed by atoms with van der Waals surface area (Å²) in [6.45, 7) is 0. The Labute approximate surface area is 135 Å². The summed E-state index contributed by atoms with van der Waals surface area (Å²) >= 11 is 7.96. The summed E-state index contributed by atoms with van der Waals surface area (Å²) in [6, 6.07) is 0. The summed E-state index contributed by atoms with van der Waals surface area (Å²) < 4.78 is 0. The molecule has 4 rings (SSSR count). The summed E-state index contributed by atoms with van der Waals surface area (Å²) in [4.78, 5) is 1.61. The SMILES string of the molecule is Br[C@@H]1[C@H]2CC[C@@H](C2)[C@@H]1SS[C@@H]1[C@H]2CC[C@@H](C2)[C@@H]1Br. The van der Waals surface area contributed by atoms with Crippen molar-refractivity contribution in [2.24, 2.45) is 23.7 Å². The van der Waals surface area contributed by atoms with E-state index < -0.39 is 0 Å². The van der Waals surface area contributed by atoms with Crippen molar-refractivity contribution >= 4 is 53.4 Å². The highest BCUT2D eigenvalue weighted by Crippen LogP contribution is 2.60. The summed E-state index contributed by atoms with van der Waals surface area (Å²) in [5, 5.41) is 1.79. The molecule has 8 atom stereocenters. The van der Waals surface area contributed by atoms with Crippen LogP contribution in [0.4, 0.5) is 0 Å². The standard InChI is InChI=1S/C14H20Br2S2/c15-11-7-1-3-9(5-7)13(11)17-18-14-10-4-2-8(6-10)12(14)16/h7-14H,1-6H2/t7-,8-,9-,10-,11-,12+,13+,14-/m0/s1. The van der Waals surface area contributed by atoms with Gasteiger partial charge in [-0.1, -0.05) is 53.4 Å². The normalized spacial score (nSPS) is 57.7. The Morgan fingerprint density at radius 1 is 0.611 bits per heavy atom. The van der Waals surface area contributed by atoms with Gasteiger partial charge in [0.1, 0.15) is 0 Å². The molecule has 0 amide bonds. The first-order valence-corrected chi connectivity index (χ1v) is 11.4. The summed E-state index contributed by atoms with van der Waals surface area (Å²) in [5.74, 6) is 4.02. The predicted octanol–water partition coefficient (Wildman–Crippen LogP) is 5.49. The van der Waals surface area contributed by atoms with Crippen LogP contribution in [0, 0.1) is 23.7 Å². The van der Waals surface area contributed by atoms with E-state index in [4.69, 9.17) is 0 Å². The van der Waals surface area contributed by atoms with Gasteiger partial charge in [0.15, 0.2) is 0 Å². The lowest BCUT2D eigenvalue weighted by molar-refractivity contribution is 0.507. The molecule has 0 nitrogen and oxygen atoms in total. The molecule has 4 bridgehead atoms. The molecule has 0 heterocycles. The van der Waals surface area contributed by atoms with Crippen LogP contribution in [0.5, 0.6) is 0 Å². The molecule has 0 spiro atoms. The van der Waals surface area contributed by atoms with E-state index in [0.29, 0.717) is 0 Å². The van der Waals surface area contributed by atoms with Crippen LogP contribution in [-0.2, 0) is 0 Å². The van der Waals surface area contributed by atoms with E-state index in [1.807, 2.05) is 0 Å². The average Bonchev–Trinajstić information content (AvgIpc) is 3.08. The smallest absolute Gasteiger partial charge is 0.0307 e. The van der Waals surface area contributed by atoms with Gasteiger partial charge in [-0.2, -0.15) is 0 Å². The highest BCUT2D eigenvalue weighted by atomic mass is 79.9. The molecule has 4 saturated carbocycles. The van der Waals surface area contributed by atoms with Crippen LogP contribution in [0.15, 0.2) is 0 Å². The molecule has 0 aromatic carbocycles. The van der Waals surface area contributed by atoms with Gasteiger partial charge in [-0.3, -0.25) is 0 Å². The van der Waals surface area contributed by atoms with Crippen LogP contribution in [0.3, 0.4) is 0 Å². The third-order valence-corrected chi connectivity index (χ3v) is 12.7. The van der Waals surface area contributed by atoms with Crippen LogP contribution in [-0.4, -0.2) is 20.2 Å². The van der Waals surface area contributed by atoms with E-state index in [2.05, 4.69) is 53.4 Å². The molecule has 4 aliphatic carbocycles. The van der Waals surface area contributed by atoms with E-state index >= 15 is 0 Å². The van der Waals surface area contributed by atoms with Crippen molar-refractivity contribution in [2.75, 3.05) is 0 Å². The molecule has 0 aliphatic heterocycles. The van der Waals surface area contributed by atoms with Gasteiger partial charge in [-0.25, -0.2) is 0 Å². The third kappa shape index (κ3) is 2.07. The molecule has 4 aliphatic rings. The molecule has 0 N–H and O–H groups in total. The minimum atomic E-state index is 0.807. The Hall–Kier alpha value is 1.66. The van der Waals surface area contributed by atoms with E-state index in [1.54, 1.807) is 0 Å². The van der Waals surface area contributed by atoms with Gasteiger partial charge in [-0.15, -0.1) is 0 Å². The van der Waals surface area contributed by atoms with Crippen molar-refractivity contribution in [3.8, 4) is 0 Å². The monoisotopic (exact) mass is 410 g/mol. The number of alkyl halides is 2. The molecule has 18 heavy (non-hydrogen) atoms. The number of halogens is 2. The van der Waals surface area contributed by atoms with Gasteiger partial charge in [0.05, 0.1) is 0 Å². The summed E-state index contributed by atoms with van der Waals surface area (Å²) in [6.07, 6.45) is 8.97. The topological polar surface area (TPSA) is 0 Å². The molecule has 4 heteroatoms. The minimum Gasteiger partial charge on any atom is -0.0889 e. The number of hydrogen-bond acceptors (Lipinski definition) is 2. The van der Waals surface area contributed by atoms with E-state index in [9.17, 15) is 0 Å². The van der Waals surface area contributed by atoms with Gasteiger partial charge < -0.3 is 0 Å². The Balaban J connectivity index is 1.36. The van der Waals surface area contributed by atoms with Crippen molar-refractivity contribution in [1.29, 1.82) is 0 Å². The number of hydrogen-bond donors (Lipinski definition) is 0. The van der Waals surface area contributed by atoms with Crippen molar-refractivity contribution in [2.45, 2.75) is 58.7 Å². The fraction of sp³-hybridized carbons (Fsp3) is 1.00. The summed E-state index contributed by atoms with van der Waals surface area (Å²) in [7, 11) is 4.47. The maximum Gasteiger partial charge on any atom is 0.0307 e. The lowest BCUT2D eigenvalue weighted by Crippen LogP contribution is -2.27. The van der Waals surface area contributed by atoms with E-state index in [-0.39, 0.29) is 0 Å². The number of fused-ring (bicyclic) bond motifs is 4. The maximum absolute atomic E-state index is 3.98. The van der Waals surface area contributed by atoms with Gasteiger partial charge in [0, 0.05) is 20.2 Å². The molecule has 0 saturated heterocycles. The molecule has 0 aromatic rings. The zero-order valence-corrected chi connectivity index (χ0v) is 15.2. The lowest BCUT2D eigenvalue weighted by Gasteiger charge is -2.30. The Kier molecular flexibility index (Phi) is 3.80. The van der Waals surface area contributed by atoms with Crippen LogP contribution in [0.25, 0.3) is 0 Å². The largest absolute Gasteiger partial charge is 0.0889 e. The van der Waals surface area contributed by atoms with Crippen molar-refractivity contribution < 1.29 is 0 Å². The van der Waals surface area contributed by atoms with Crippen LogP contribution < -0.4 is 0 Å². The zero-order chi connectivity index (χ0) is 12.3. The fourth-order valence-electron chi connectivity index (χ4n) is 4.73. The first-order valence-electron chi connectivity index (χ1n) is 7.34.